The highest BCUT2D eigenvalue weighted by Crippen LogP contribution is 2.11. The highest BCUT2D eigenvalue weighted by molar-refractivity contribution is 6.60. The maximum Gasteiger partial charge on any atom is 0.490 e. The van der Waals surface area contributed by atoms with Crippen molar-refractivity contribution in [2.45, 2.75) is 12.8 Å². The summed E-state index contributed by atoms with van der Waals surface area (Å²) in [4.78, 5) is 4.17. The van der Waals surface area contributed by atoms with E-state index in [1.165, 1.54) is 0 Å². The van der Waals surface area contributed by atoms with Crippen molar-refractivity contribution >= 4 is 12.8 Å². The molecular formula is C11H14BN3O2. The van der Waals surface area contributed by atoms with E-state index in [2.05, 4.69) is 15.5 Å². The molecule has 1 aliphatic rings. The summed E-state index contributed by atoms with van der Waals surface area (Å²) in [6.45, 7) is 0.766. The van der Waals surface area contributed by atoms with Gasteiger partial charge in [0, 0.05) is 18.2 Å². The summed E-state index contributed by atoms with van der Waals surface area (Å²) in [7, 11) is -1.53. The summed E-state index contributed by atoms with van der Waals surface area (Å²) in [5, 5.41) is 22.9. The molecule has 0 aliphatic carbocycles. The fourth-order valence-electron chi connectivity index (χ4n) is 1.67. The van der Waals surface area contributed by atoms with E-state index in [-0.39, 0.29) is 0 Å². The first kappa shape index (κ1) is 11.8. The van der Waals surface area contributed by atoms with Crippen LogP contribution in [0.1, 0.15) is 18.5 Å². The lowest BCUT2D eigenvalue weighted by molar-refractivity contribution is 0.421. The van der Waals surface area contributed by atoms with E-state index >= 15 is 0 Å². The summed E-state index contributed by atoms with van der Waals surface area (Å²) in [5.41, 5.74) is 4.42. The zero-order chi connectivity index (χ0) is 12.1. The minimum absolute atomic E-state index is 0.399. The zero-order valence-electron chi connectivity index (χ0n) is 9.37. The fraction of sp³-hybridized carbons (Fsp3) is 0.273. The zero-order valence-corrected chi connectivity index (χ0v) is 9.37. The van der Waals surface area contributed by atoms with Gasteiger partial charge in [-0.1, -0.05) is 12.1 Å². The van der Waals surface area contributed by atoms with Crippen molar-refractivity contribution in [2.75, 3.05) is 6.54 Å². The SMILES string of the molecule is OB(O)C1=C\CCCN/N=C\1c1ccccn1. The minimum atomic E-state index is -1.53. The number of hydrazone groups is 1. The molecular weight excluding hydrogens is 217 g/mol. The molecule has 2 heterocycles. The van der Waals surface area contributed by atoms with Crippen molar-refractivity contribution < 1.29 is 10.0 Å². The van der Waals surface area contributed by atoms with Gasteiger partial charge in [-0.05, 0) is 25.0 Å². The number of pyridine rings is 1. The molecule has 0 unspecified atom stereocenters. The second-order valence-electron chi connectivity index (χ2n) is 3.76. The molecule has 0 aromatic carbocycles. The molecule has 0 amide bonds. The Morgan fingerprint density at radius 1 is 1.29 bits per heavy atom. The monoisotopic (exact) mass is 231 g/mol. The Morgan fingerprint density at radius 2 is 2.18 bits per heavy atom. The molecule has 0 saturated heterocycles. The Morgan fingerprint density at radius 3 is 2.88 bits per heavy atom. The van der Waals surface area contributed by atoms with E-state index in [1.54, 1.807) is 24.4 Å². The van der Waals surface area contributed by atoms with Crippen LogP contribution in [0.4, 0.5) is 0 Å². The normalized spacial score (nSPS) is 22.2. The Kier molecular flexibility index (Phi) is 3.90. The van der Waals surface area contributed by atoms with Crippen molar-refractivity contribution in [3.63, 3.8) is 0 Å². The number of allylic oxidation sites excluding steroid dienone is 2. The standard InChI is InChI=1S/C11H14BN3O2/c16-12(17)9-5-1-4-8-14-15-11(9)10-6-2-3-7-13-10/h2-3,5-7,14,16-17H,1,4,8H2/b9-5-,15-11+. The first-order chi connectivity index (χ1) is 8.29. The van der Waals surface area contributed by atoms with Crippen molar-refractivity contribution in [3.8, 4) is 0 Å². The number of nitrogens with zero attached hydrogens (tertiary/aromatic N) is 2. The van der Waals surface area contributed by atoms with Gasteiger partial charge in [0.15, 0.2) is 0 Å². The van der Waals surface area contributed by atoms with Crippen LogP contribution in [-0.4, -0.2) is 34.4 Å². The predicted octanol–water partition coefficient (Wildman–Crippen LogP) is 0.107. The van der Waals surface area contributed by atoms with Crippen LogP contribution in [0.15, 0.2) is 41.0 Å². The second-order valence-corrected chi connectivity index (χ2v) is 3.76. The van der Waals surface area contributed by atoms with Crippen molar-refractivity contribution in [1.82, 2.24) is 10.4 Å². The van der Waals surface area contributed by atoms with Gasteiger partial charge in [-0.15, -0.1) is 0 Å². The summed E-state index contributed by atoms with van der Waals surface area (Å²) in [6.07, 6.45) is 5.15. The van der Waals surface area contributed by atoms with E-state index < -0.39 is 7.12 Å². The van der Waals surface area contributed by atoms with E-state index in [4.69, 9.17) is 0 Å². The van der Waals surface area contributed by atoms with Gasteiger partial charge in [0.05, 0.1) is 5.69 Å². The van der Waals surface area contributed by atoms with Crippen LogP contribution in [0.25, 0.3) is 0 Å². The van der Waals surface area contributed by atoms with Gasteiger partial charge in [-0.25, -0.2) is 0 Å². The lowest BCUT2D eigenvalue weighted by Crippen LogP contribution is -2.27. The third-order valence-electron chi connectivity index (χ3n) is 2.51. The van der Waals surface area contributed by atoms with Gasteiger partial charge >= 0.3 is 7.12 Å². The highest BCUT2D eigenvalue weighted by Gasteiger charge is 2.23. The molecule has 0 radical (unpaired) electrons. The van der Waals surface area contributed by atoms with Crippen LogP contribution >= 0.6 is 0 Å². The lowest BCUT2D eigenvalue weighted by atomic mass is 9.74. The van der Waals surface area contributed by atoms with Gasteiger partial charge in [0.2, 0.25) is 0 Å². The molecule has 6 heteroatoms. The molecule has 3 N–H and O–H groups in total. The van der Waals surface area contributed by atoms with Gasteiger partial charge in [0.1, 0.15) is 5.71 Å². The molecule has 0 atom stereocenters. The Bertz CT molecular complexity index is 432. The van der Waals surface area contributed by atoms with Crippen LogP contribution in [0, 0.1) is 0 Å². The maximum atomic E-state index is 9.38. The number of aromatic nitrogens is 1. The van der Waals surface area contributed by atoms with E-state index in [9.17, 15) is 10.0 Å². The van der Waals surface area contributed by atoms with E-state index in [0.717, 1.165) is 19.4 Å². The average molecular weight is 231 g/mol. The van der Waals surface area contributed by atoms with Gasteiger partial charge in [-0.3, -0.25) is 4.98 Å². The molecule has 2 rings (SSSR count). The first-order valence-corrected chi connectivity index (χ1v) is 5.57. The Hall–Kier alpha value is -1.66. The maximum absolute atomic E-state index is 9.38. The summed E-state index contributed by atoms with van der Waals surface area (Å²) in [6, 6.07) is 5.43. The summed E-state index contributed by atoms with van der Waals surface area (Å²) in [5.74, 6) is 0. The molecule has 0 saturated carbocycles. The third-order valence-corrected chi connectivity index (χ3v) is 2.51. The molecule has 0 spiro atoms. The number of hydrogen-bond donors (Lipinski definition) is 3. The molecule has 88 valence electrons. The lowest BCUT2D eigenvalue weighted by Gasteiger charge is -2.13. The highest BCUT2D eigenvalue weighted by atomic mass is 16.4. The topological polar surface area (TPSA) is 77.7 Å². The summed E-state index contributed by atoms with van der Waals surface area (Å²) >= 11 is 0. The molecule has 1 aromatic rings. The summed E-state index contributed by atoms with van der Waals surface area (Å²) < 4.78 is 0. The van der Waals surface area contributed by atoms with Crippen molar-refractivity contribution in [3.05, 3.63) is 41.6 Å². The van der Waals surface area contributed by atoms with Crippen LogP contribution < -0.4 is 5.43 Å². The minimum Gasteiger partial charge on any atom is -0.423 e. The van der Waals surface area contributed by atoms with Gasteiger partial charge < -0.3 is 15.5 Å². The average Bonchev–Trinajstić information content (AvgIpc) is 2.29. The van der Waals surface area contributed by atoms with E-state index in [1.807, 2.05) is 6.07 Å². The van der Waals surface area contributed by atoms with Gasteiger partial charge in [0.25, 0.3) is 0 Å². The number of hydrogen-bond acceptors (Lipinski definition) is 5. The largest absolute Gasteiger partial charge is 0.490 e. The second kappa shape index (κ2) is 5.61. The molecule has 1 aliphatic heterocycles. The molecule has 1 aromatic heterocycles. The van der Waals surface area contributed by atoms with Crippen LogP contribution in [-0.2, 0) is 0 Å². The third kappa shape index (κ3) is 2.92. The predicted molar refractivity (Wildman–Crippen MR) is 66.3 cm³/mol. The Balaban J connectivity index is 2.39. The fourth-order valence-corrected chi connectivity index (χ4v) is 1.67. The van der Waals surface area contributed by atoms with E-state index in [0.29, 0.717) is 16.9 Å². The number of rotatable bonds is 2. The van der Waals surface area contributed by atoms with Gasteiger partial charge in [-0.2, -0.15) is 5.10 Å². The van der Waals surface area contributed by atoms with Crippen LogP contribution in [0.2, 0.25) is 0 Å². The molecule has 17 heavy (non-hydrogen) atoms. The molecule has 5 nitrogen and oxygen atoms in total. The van der Waals surface area contributed by atoms with Crippen molar-refractivity contribution in [1.29, 1.82) is 0 Å². The molecule has 0 fully saturated rings. The van der Waals surface area contributed by atoms with Crippen LogP contribution in [0.3, 0.4) is 0 Å². The Labute approximate surface area is 100 Å². The first-order valence-electron chi connectivity index (χ1n) is 5.57. The quantitative estimate of drug-likeness (QED) is 0.631. The number of nitrogens with one attached hydrogen (secondary N) is 1. The molecule has 0 bridgehead atoms. The van der Waals surface area contributed by atoms with Crippen molar-refractivity contribution in [2.24, 2.45) is 5.10 Å². The smallest absolute Gasteiger partial charge is 0.423 e. The van der Waals surface area contributed by atoms with Crippen LogP contribution in [0.5, 0.6) is 0 Å².